The summed E-state index contributed by atoms with van der Waals surface area (Å²) in [6, 6.07) is 5.26. The van der Waals surface area contributed by atoms with E-state index in [1.54, 1.807) is 24.4 Å². The van der Waals surface area contributed by atoms with E-state index in [1.807, 2.05) is 0 Å². The number of nitrogens with one attached hydrogen (secondary N) is 1. The number of benzene rings is 1. The zero-order chi connectivity index (χ0) is 14.4. The summed E-state index contributed by atoms with van der Waals surface area (Å²) in [6.45, 7) is 0. The van der Waals surface area contributed by atoms with Gasteiger partial charge >= 0.3 is 0 Å². The average molecular weight is 327 g/mol. The zero-order valence-corrected chi connectivity index (χ0v) is 12.1. The molecule has 1 heterocycles. The van der Waals surface area contributed by atoms with Crippen molar-refractivity contribution in [2.45, 2.75) is 0 Å². The molecule has 1 aliphatic carbocycles. The molecule has 1 aromatic heterocycles. The Hall–Kier alpha value is -1.55. The fourth-order valence-electron chi connectivity index (χ4n) is 2.15. The van der Waals surface area contributed by atoms with Crippen LogP contribution in [0.3, 0.4) is 0 Å². The number of hydrogen-bond donors (Lipinski definition) is 1. The number of aromatic amines is 1. The van der Waals surface area contributed by atoms with Crippen molar-refractivity contribution in [3.05, 3.63) is 51.1 Å². The monoisotopic (exact) mass is 325 g/mol. The molecule has 100 valence electrons. The van der Waals surface area contributed by atoms with Crippen molar-refractivity contribution in [3.8, 4) is 0 Å². The van der Waals surface area contributed by atoms with Crippen molar-refractivity contribution in [3.63, 3.8) is 0 Å². The van der Waals surface area contributed by atoms with Crippen LogP contribution >= 0.6 is 34.8 Å². The smallest absolute Gasteiger partial charge is 0.206 e. The van der Waals surface area contributed by atoms with Crippen LogP contribution in [0.25, 0.3) is 16.5 Å². The van der Waals surface area contributed by atoms with E-state index < -0.39 is 11.6 Å². The van der Waals surface area contributed by atoms with Gasteiger partial charge in [-0.25, -0.2) is 0 Å². The lowest BCUT2D eigenvalue weighted by Gasteiger charge is -2.11. The van der Waals surface area contributed by atoms with Gasteiger partial charge in [-0.3, -0.25) is 9.59 Å². The number of fused-ring (bicyclic) bond motifs is 1. The molecular formula is C14H6Cl3NO2. The molecule has 0 spiro atoms. The van der Waals surface area contributed by atoms with E-state index in [4.69, 9.17) is 34.8 Å². The molecule has 3 nitrogen and oxygen atoms in total. The topological polar surface area (TPSA) is 49.9 Å². The molecule has 6 heteroatoms. The van der Waals surface area contributed by atoms with Gasteiger partial charge in [0.15, 0.2) is 5.78 Å². The molecule has 1 aromatic carbocycles. The van der Waals surface area contributed by atoms with Crippen LogP contribution in [0.4, 0.5) is 0 Å². The Bertz CT molecular complexity index is 830. The average Bonchev–Trinajstić information content (AvgIpc) is 2.83. The van der Waals surface area contributed by atoms with E-state index in [1.165, 1.54) is 0 Å². The summed E-state index contributed by atoms with van der Waals surface area (Å²) >= 11 is 17.8. The van der Waals surface area contributed by atoms with Crippen LogP contribution in [0.2, 0.25) is 5.02 Å². The first-order valence-electron chi connectivity index (χ1n) is 5.62. The Balaban J connectivity index is 2.30. The highest BCUT2D eigenvalue weighted by Gasteiger charge is 2.29. The number of ketones is 2. The van der Waals surface area contributed by atoms with Gasteiger partial charge in [-0.2, -0.15) is 0 Å². The van der Waals surface area contributed by atoms with Crippen LogP contribution in [0.15, 0.2) is 40.5 Å². The molecule has 0 saturated carbocycles. The third kappa shape index (κ3) is 1.90. The van der Waals surface area contributed by atoms with Gasteiger partial charge in [-0.15, -0.1) is 0 Å². The molecule has 0 radical (unpaired) electrons. The van der Waals surface area contributed by atoms with E-state index in [-0.39, 0.29) is 15.6 Å². The maximum Gasteiger partial charge on any atom is 0.206 e. The lowest BCUT2D eigenvalue weighted by atomic mass is 9.95. The van der Waals surface area contributed by atoms with Gasteiger partial charge in [0.1, 0.15) is 0 Å². The van der Waals surface area contributed by atoms with Crippen LogP contribution in [-0.2, 0) is 9.59 Å². The number of allylic oxidation sites excluding steroid dienone is 4. The van der Waals surface area contributed by atoms with Gasteiger partial charge in [0, 0.05) is 23.2 Å². The van der Waals surface area contributed by atoms with Gasteiger partial charge in [-0.05, 0) is 6.07 Å². The number of rotatable bonds is 1. The summed E-state index contributed by atoms with van der Waals surface area (Å²) < 4.78 is 0. The number of hydrogen-bond acceptors (Lipinski definition) is 2. The molecular weight excluding hydrogens is 321 g/mol. The Morgan fingerprint density at radius 2 is 1.80 bits per heavy atom. The number of Topliss-reactive ketones (excluding diaryl/α,β-unsaturated/α-hetero) is 1. The summed E-state index contributed by atoms with van der Waals surface area (Å²) in [5.41, 5.74) is 1.28. The Morgan fingerprint density at radius 1 is 1.05 bits per heavy atom. The normalized spacial score (nSPS) is 16.1. The lowest BCUT2D eigenvalue weighted by Crippen LogP contribution is -2.13. The van der Waals surface area contributed by atoms with Crippen molar-refractivity contribution < 1.29 is 9.59 Å². The lowest BCUT2D eigenvalue weighted by molar-refractivity contribution is -0.113. The quantitative estimate of drug-likeness (QED) is 0.804. The van der Waals surface area contributed by atoms with Crippen LogP contribution < -0.4 is 0 Å². The summed E-state index contributed by atoms with van der Waals surface area (Å²) in [5, 5.41) is 0.936. The molecule has 20 heavy (non-hydrogen) atoms. The summed E-state index contributed by atoms with van der Waals surface area (Å²) in [7, 11) is 0. The molecule has 0 fully saturated rings. The summed E-state index contributed by atoms with van der Waals surface area (Å²) in [4.78, 5) is 26.9. The minimum atomic E-state index is -0.484. The van der Waals surface area contributed by atoms with Crippen molar-refractivity contribution in [1.82, 2.24) is 4.98 Å². The number of H-pyrrole nitrogens is 1. The first kappa shape index (κ1) is 13.4. The molecule has 1 N–H and O–H groups in total. The number of halogens is 3. The number of para-hydroxylation sites is 1. The predicted molar refractivity (Wildman–Crippen MR) is 80.0 cm³/mol. The number of aromatic nitrogens is 1. The highest BCUT2D eigenvalue weighted by molar-refractivity contribution is 6.62. The van der Waals surface area contributed by atoms with Gasteiger partial charge in [0.25, 0.3) is 0 Å². The number of carbonyl (C=O) groups is 2. The second kappa shape index (κ2) is 4.77. The van der Waals surface area contributed by atoms with Gasteiger partial charge < -0.3 is 4.98 Å². The molecule has 0 saturated heterocycles. The van der Waals surface area contributed by atoms with Gasteiger partial charge in [-0.1, -0.05) is 46.9 Å². The SMILES string of the molecule is O=C1C=C(Cl)C(=O)C(c2c[nH]c3c(Cl)cccc23)=C1Cl. The molecule has 0 amide bonds. The van der Waals surface area contributed by atoms with E-state index in [0.29, 0.717) is 21.5 Å². The summed E-state index contributed by atoms with van der Waals surface area (Å²) in [6.07, 6.45) is 2.62. The van der Waals surface area contributed by atoms with Crippen molar-refractivity contribution in [1.29, 1.82) is 0 Å². The first-order valence-corrected chi connectivity index (χ1v) is 6.76. The first-order chi connectivity index (χ1) is 9.50. The highest BCUT2D eigenvalue weighted by Crippen LogP contribution is 2.36. The van der Waals surface area contributed by atoms with Crippen molar-refractivity contribution >= 4 is 62.8 Å². The Morgan fingerprint density at radius 3 is 2.55 bits per heavy atom. The predicted octanol–water partition coefficient (Wildman–Crippen LogP) is 4.05. The van der Waals surface area contributed by atoms with Gasteiger partial charge in [0.05, 0.1) is 26.2 Å². The second-order valence-electron chi connectivity index (χ2n) is 4.24. The molecule has 0 atom stereocenters. The Kier molecular flexibility index (Phi) is 3.21. The van der Waals surface area contributed by atoms with Gasteiger partial charge in [0.2, 0.25) is 5.78 Å². The fraction of sp³-hybridized carbons (Fsp3) is 0. The molecule has 0 bridgehead atoms. The van der Waals surface area contributed by atoms with E-state index in [2.05, 4.69) is 4.98 Å². The maximum absolute atomic E-state index is 12.2. The van der Waals surface area contributed by atoms with Crippen LogP contribution in [0.1, 0.15) is 5.56 Å². The zero-order valence-electron chi connectivity index (χ0n) is 9.84. The minimum Gasteiger partial charge on any atom is -0.359 e. The minimum absolute atomic E-state index is 0.0951. The molecule has 0 aliphatic heterocycles. The second-order valence-corrected chi connectivity index (χ2v) is 5.43. The van der Waals surface area contributed by atoms with E-state index in [0.717, 1.165) is 6.08 Å². The Labute approximate surface area is 128 Å². The van der Waals surface area contributed by atoms with Crippen LogP contribution in [0, 0.1) is 0 Å². The molecule has 3 rings (SSSR count). The fourth-order valence-corrected chi connectivity index (χ4v) is 2.82. The van der Waals surface area contributed by atoms with E-state index >= 15 is 0 Å². The maximum atomic E-state index is 12.2. The standard InChI is InChI=1S/C14H6Cl3NO2/c15-8-3-1-2-6-7(5-18-13(6)8)11-12(17)10(19)4-9(16)14(11)20/h1-5,18H. The van der Waals surface area contributed by atoms with Crippen LogP contribution in [0.5, 0.6) is 0 Å². The third-order valence-electron chi connectivity index (χ3n) is 3.07. The van der Waals surface area contributed by atoms with Crippen LogP contribution in [-0.4, -0.2) is 16.6 Å². The number of carbonyl (C=O) groups excluding carboxylic acids is 2. The van der Waals surface area contributed by atoms with Crippen molar-refractivity contribution in [2.24, 2.45) is 0 Å². The van der Waals surface area contributed by atoms with Crippen molar-refractivity contribution in [2.75, 3.05) is 0 Å². The largest absolute Gasteiger partial charge is 0.359 e. The summed E-state index contributed by atoms with van der Waals surface area (Å²) in [5.74, 6) is -0.959. The van der Waals surface area contributed by atoms with E-state index in [9.17, 15) is 9.59 Å². The molecule has 2 aromatic rings. The third-order valence-corrected chi connectivity index (χ3v) is 4.04. The highest BCUT2D eigenvalue weighted by atomic mass is 35.5. The molecule has 1 aliphatic rings. The molecule has 0 unspecified atom stereocenters.